The molecule has 0 bridgehead atoms. The van der Waals surface area contributed by atoms with Gasteiger partial charge in [-0.05, 0) is 41.2 Å². The van der Waals surface area contributed by atoms with Gasteiger partial charge in [0.15, 0.2) is 0 Å². The molecule has 0 N–H and O–H groups in total. The van der Waals surface area contributed by atoms with Gasteiger partial charge >= 0.3 is 0 Å². The maximum absolute atomic E-state index is 2.36. The van der Waals surface area contributed by atoms with Crippen molar-refractivity contribution in [2.75, 3.05) is 0 Å². The van der Waals surface area contributed by atoms with Crippen LogP contribution < -0.4 is 0 Å². The maximum Gasteiger partial charge on any atom is 0.00320 e. The van der Waals surface area contributed by atoms with Crippen molar-refractivity contribution >= 4 is 5.57 Å². The molecule has 2 aromatic carbocycles. The Bertz CT molecular complexity index is 647. The number of hydrogen-bond acceptors (Lipinski definition) is 0. The lowest BCUT2D eigenvalue weighted by atomic mass is 9.92. The van der Waals surface area contributed by atoms with Crippen molar-refractivity contribution in [1.29, 1.82) is 0 Å². The van der Waals surface area contributed by atoms with E-state index < -0.39 is 0 Å². The Morgan fingerprint density at radius 2 is 1.70 bits per heavy atom. The van der Waals surface area contributed by atoms with Gasteiger partial charge in [-0.1, -0.05) is 74.4 Å². The fraction of sp³-hybridized carbons (Fsp3) is 0.300. The quantitative estimate of drug-likeness (QED) is 0.632. The van der Waals surface area contributed by atoms with Crippen LogP contribution in [0.5, 0.6) is 0 Å². The highest BCUT2D eigenvalue weighted by atomic mass is 14.3. The predicted octanol–water partition coefficient (Wildman–Crippen LogP) is 6.04. The van der Waals surface area contributed by atoms with Gasteiger partial charge in [-0.2, -0.15) is 0 Å². The molecule has 3 rings (SSSR count). The molecule has 0 saturated heterocycles. The molecular formula is C20H22. The third-order valence-electron chi connectivity index (χ3n) is 4.55. The molecule has 2 aromatic rings. The Labute approximate surface area is 122 Å². The van der Waals surface area contributed by atoms with Gasteiger partial charge in [-0.25, -0.2) is 0 Å². The summed E-state index contributed by atoms with van der Waals surface area (Å²) in [7, 11) is 0. The van der Waals surface area contributed by atoms with E-state index >= 15 is 0 Å². The topological polar surface area (TPSA) is 0 Å². The summed E-state index contributed by atoms with van der Waals surface area (Å²) < 4.78 is 0. The van der Waals surface area contributed by atoms with E-state index in [1.807, 2.05) is 0 Å². The monoisotopic (exact) mass is 262 g/mol. The van der Waals surface area contributed by atoms with Crippen LogP contribution in [-0.4, -0.2) is 0 Å². The molecule has 1 atom stereocenters. The molecule has 0 aromatic heterocycles. The average Bonchev–Trinajstić information content (AvgIpc) is 2.74. The first-order chi connectivity index (χ1) is 9.74. The molecule has 1 aliphatic rings. The Hall–Kier alpha value is -1.82. The van der Waals surface area contributed by atoms with Crippen LogP contribution in [0.15, 0.2) is 54.1 Å². The van der Waals surface area contributed by atoms with Gasteiger partial charge in [0.05, 0.1) is 0 Å². The Morgan fingerprint density at radius 3 is 2.40 bits per heavy atom. The molecule has 0 radical (unpaired) electrons. The lowest BCUT2D eigenvalue weighted by Crippen LogP contribution is -1.93. The summed E-state index contributed by atoms with van der Waals surface area (Å²) in [6.07, 6.45) is 2.45. The van der Waals surface area contributed by atoms with Crippen LogP contribution in [0, 0.1) is 0 Å². The molecule has 0 spiro atoms. The number of fused-ring (bicyclic) bond motifs is 1. The standard InChI is InChI=1S/C20H22/c1-4-9-17-14(2)18-12-8-13-19(20(18)15(17)3)16-10-6-5-7-11-16/h5-8,10-14H,4,9H2,1-3H3. The van der Waals surface area contributed by atoms with Crippen LogP contribution in [0.3, 0.4) is 0 Å². The molecule has 0 heterocycles. The van der Waals surface area contributed by atoms with Gasteiger partial charge in [-0.3, -0.25) is 0 Å². The molecule has 0 aliphatic heterocycles. The minimum atomic E-state index is 0.577. The number of allylic oxidation sites excluding steroid dienone is 2. The molecule has 0 heteroatoms. The van der Waals surface area contributed by atoms with Crippen LogP contribution in [0.4, 0.5) is 0 Å². The van der Waals surface area contributed by atoms with Crippen molar-refractivity contribution in [3.05, 3.63) is 65.2 Å². The van der Waals surface area contributed by atoms with Gasteiger partial charge < -0.3 is 0 Å². The van der Waals surface area contributed by atoms with Gasteiger partial charge in [0.1, 0.15) is 0 Å². The Morgan fingerprint density at radius 1 is 0.950 bits per heavy atom. The molecule has 0 saturated carbocycles. The van der Waals surface area contributed by atoms with E-state index in [0.29, 0.717) is 5.92 Å². The maximum atomic E-state index is 2.36. The summed E-state index contributed by atoms with van der Waals surface area (Å²) in [5.41, 5.74) is 8.84. The van der Waals surface area contributed by atoms with Crippen LogP contribution in [0.2, 0.25) is 0 Å². The first-order valence-corrected chi connectivity index (χ1v) is 7.62. The molecule has 0 amide bonds. The molecule has 0 fully saturated rings. The van der Waals surface area contributed by atoms with E-state index in [2.05, 4.69) is 69.3 Å². The lowest BCUT2D eigenvalue weighted by molar-refractivity contribution is 0.801. The van der Waals surface area contributed by atoms with Crippen molar-refractivity contribution in [2.24, 2.45) is 0 Å². The van der Waals surface area contributed by atoms with Gasteiger partial charge in [0, 0.05) is 5.92 Å². The summed E-state index contributed by atoms with van der Waals surface area (Å²) >= 11 is 0. The smallest absolute Gasteiger partial charge is 0.00320 e. The SMILES string of the molecule is CCCC1=C(C)c2c(-c3ccccc3)cccc2C1C. The fourth-order valence-electron chi connectivity index (χ4n) is 3.55. The molecular weight excluding hydrogens is 240 g/mol. The van der Waals surface area contributed by atoms with Crippen LogP contribution >= 0.6 is 0 Å². The second-order valence-electron chi connectivity index (χ2n) is 5.76. The van der Waals surface area contributed by atoms with E-state index in [1.165, 1.54) is 40.7 Å². The Balaban J connectivity index is 2.19. The highest BCUT2D eigenvalue weighted by molar-refractivity contribution is 5.88. The van der Waals surface area contributed by atoms with Gasteiger partial charge in [0.2, 0.25) is 0 Å². The summed E-state index contributed by atoms with van der Waals surface area (Å²) in [4.78, 5) is 0. The summed E-state index contributed by atoms with van der Waals surface area (Å²) in [6.45, 7) is 6.93. The highest BCUT2D eigenvalue weighted by Crippen LogP contribution is 2.47. The Kier molecular flexibility index (Phi) is 3.48. The number of hydrogen-bond donors (Lipinski definition) is 0. The molecule has 20 heavy (non-hydrogen) atoms. The zero-order valence-electron chi connectivity index (χ0n) is 12.6. The zero-order valence-corrected chi connectivity index (χ0v) is 12.6. The van der Waals surface area contributed by atoms with E-state index in [1.54, 1.807) is 5.57 Å². The van der Waals surface area contributed by atoms with Crippen molar-refractivity contribution in [1.82, 2.24) is 0 Å². The molecule has 102 valence electrons. The summed E-state index contributed by atoms with van der Waals surface area (Å²) in [6, 6.07) is 17.5. The van der Waals surface area contributed by atoms with E-state index in [4.69, 9.17) is 0 Å². The molecule has 1 unspecified atom stereocenters. The summed E-state index contributed by atoms with van der Waals surface area (Å²) in [5, 5.41) is 0. The zero-order chi connectivity index (χ0) is 14.1. The van der Waals surface area contributed by atoms with E-state index in [0.717, 1.165) is 0 Å². The first-order valence-electron chi connectivity index (χ1n) is 7.62. The second kappa shape index (κ2) is 5.28. The van der Waals surface area contributed by atoms with Crippen molar-refractivity contribution in [2.45, 2.75) is 39.5 Å². The minimum absolute atomic E-state index is 0.577. The highest BCUT2D eigenvalue weighted by Gasteiger charge is 2.27. The fourth-order valence-corrected chi connectivity index (χ4v) is 3.55. The van der Waals surface area contributed by atoms with Crippen LogP contribution in [-0.2, 0) is 0 Å². The van der Waals surface area contributed by atoms with Crippen molar-refractivity contribution in [3.8, 4) is 11.1 Å². The van der Waals surface area contributed by atoms with E-state index in [9.17, 15) is 0 Å². The van der Waals surface area contributed by atoms with Crippen LogP contribution in [0.25, 0.3) is 16.7 Å². The minimum Gasteiger partial charge on any atom is -0.0651 e. The average molecular weight is 262 g/mol. The van der Waals surface area contributed by atoms with E-state index in [-0.39, 0.29) is 0 Å². The van der Waals surface area contributed by atoms with Crippen molar-refractivity contribution < 1.29 is 0 Å². The lowest BCUT2D eigenvalue weighted by Gasteiger charge is -2.12. The molecule has 0 nitrogen and oxygen atoms in total. The van der Waals surface area contributed by atoms with Gasteiger partial charge in [-0.15, -0.1) is 0 Å². The largest absolute Gasteiger partial charge is 0.0651 e. The van der Waals surface area contributed by atoms with Crippen LogP contribution in [0.1, 0.15) is 50.7 Å². The number of benzene rings is 2. The van der Waals surface area contributed by atoms with Crippen molar-refractivity contribution in [3.63, 3.8) is 0 Å². The summed E-state index contributed by atoms with van der Waals surface area (Å²) in [5.74, 6) is 0.577. The third kappa shape index (κ3) is 2.00. The molecule has 1 aliphatic carbocycles. The first kappa shape index (κ1) is 13.2. The van der Waals surface area contributed by atoms with Gasteiger partial charge in [0.25, 0.3) is 0 Å². The second-order valence-corrected chi connectivity index (χ2v) is 5.76. The number of rotatable bonds is 3. The predicted molar refractivity (Wildman–Crippen MR) is 87.8 cm³/mol. The third-order valence-corrected chi connectivity index (χ3v) is 4.55. The normalized spacial score (nSPS) is 17.4.